The zero-order chi connectivity index (χ0) is 14.8. The monoisotopic (exact) mass is 277 g/mol. The molecule has 0 saturated carbocycles. The molecular formula is C15H27N5. The Morgan fingerprint density at radius 1 is 1.10 bits per heavy atom. The van der Waals surface area contributed by atoms with E-state index in [0.29, 0.717) is 5.95 Å². The molecule has 0 bridgehead atoms. The molecule has 0 aliphatic heterocycles. The Kier molecular flexibility index (Phi) is 7.62. The first-order valence-corrected chi connectivity index (χ1v) is 7.53. The molecule has 112 valence electrons. The molecule has 0 atom stereocenters. The lowest BCUT2D eigenvalue weighted by Crippen LogP contribution is -2.32. The minimum absolute atomic E-state index is 0.613. The molecule has 5 nitrogen and oxygen atoms in total. The molecule has 1 aromatic rings. The third-order valence-electron chi connectivity index (χ3n) is 2.82. The standard InChI is InChI=1S/C15H27N5/c1-5-7-9-16-14(17-10-8-6-2)20-15-18-12(3)11-13(4)19-15/h11H,5-10H2,1-4H3,(H2,16,17,18,19,20). The fourth-order valence-corrected chi connectivity index (χ4v) is 1.76. The lowest BCUT2D eigenvalue weighted by Gasteiger charge is -2.12. The van der Waals surface area contributed by atoms with Crippen molar-refractivity contribution < 1.29 is 0 Å². The summed E-state index contributed by atoms with van der Waals surface area (Å²) in [5, 5.41) is 6.52. The number of guanidine groups is 1. The van der Waals surface area contributed by atoms with E-state index in [2.05, 4.69) is 39.4 Å². The van der Waals surface area contributed by atoms with Crippen LogP contribution in [0.5, 0.6) is 0 Å². The van der Waals surface area contributed by atoms with E-state index in [1.54, 1.807) is 0 Å². The number of aliphatic imine (C=N–C) groups is 1. The highest BCUT2D eigenvalue weighted by Crippen LogP contribution is 2.03. The highest BCUT2D eigenvalue weighted by atomic mass is 15.2. The fourth-order valence-electron chi connectivity index (χ4n) is 1.76. The van der Waals surface area contributed by atoms with E-state index in [-0.39, 0.29) is 0 Å². The van der Waals surface area contributed by atoms with E-state index in [9.17, 15) is 0 Å². The molecule has 0 unspecified atom stereocenters. The van der Waals surface area contributed by atoms with Crippen LogP contribution in [0.25, 0.3) is 0 Å². The SMILES string of the molecule is CCCCN=C(NCCCC)Nc1nc(C)cc(C)n1. The summed E-state index contributed by atoms with van der Waals surface area (Å²) in [4.78, 5) is 13.3. The van der Waals surface area contributed by atoms with Gasteiger partial charge < -0.3 is 5.32 Å². The molecule has 0 fully saturated rings. The van der Waals surface area contributed by atoms with Crippen LogP contribution >= 0.6 is 0 Å². The molecule has 0 aromatic carbocycles. The second kappa shape index (κ2) is 9.28. The lowest BCUT2D eigenvalue weighted by molar-refractivity contribution is 0.744. The maximum Gasteiger partial charge on any atom is 0.229 e. The zero-order valence-electron chi connectivity index (χ0n) is 13.2. The van der Waals surface area contributed by atoms with E-state index in [1.807, 2.05) is 19.9 Å². The summed E-state index contributed by atoms with van der Waals surface area (Å²) < 4.78 is 0. The van der Waals surface area contributed by atoms with Crippen LogP contribution < -0.4 is 10.6 Å². The summed E-state index contributed by atoms with van der Waals surface area (Å²) in [7, 11) is 0. The summed E-state index contributed by atoms with van der Waals surface area (Å²) in [5.74, 6) is 1.39. The normalized spacial score (nSPS) is 11.5. The third-order valence-corrected chi connectivity index (χ3v) is 2.82. The Morgan fingerprint density at radius 3 is 2.35 bits per heavy atom. The molecule has 1 rings (SSSR count). The second-order valence-electron chi connectivity index (χ2n) is 4.96. The van der Waals surface area contributed by atoms with Gasteiger partial charge in [0, 0.05) is 24.5 Å². The van der Waals surface area contributed by atoms with Gasteiger partial charge in [-0.25, -0.2) is 9.97 Å². The van der Waals surface area contributed by atoms with Gasteiger partial charge in [-0.15, -0.1) is 0 Å². The van der Waals surface area contributed by atoms with Crippen LogP contribution in [-0.2, 0) is 0 Å². The largest absolute Gasteiger partial charge is 0.356 e. The molecular weight excluding hydrogens is 250 g/mol. The van der Waals surface area contributed by atoms with Gasteiger partial charge in [-0.1, -0.05) is 26.7 Å². The van der Waals surface area contributed by atoms with Gasteiger partial charge in [0.1, 0.15) is 0 Å². The number of nitrogens with zero attached hydrogens (tertiary/aromatic N) is 3. The molecule has 1 heterocycles. The minimum Gasteiger partial charge on any atom is -0.356 e. The van der Waals surface area contributed by atoms with Crippen LogP contribution in [0.3, 0.4) is 0 Å². The molecule has 5 heteroatoms. The van der Waals surface area contributed by atoms with Crippen molar-refractivity contribution in [1.29, 1.82) is 0 Å². The van der Waals surface area contributed by atoms with E-state index in [0.717, 1.165) is 56.1 Å². The summed E-state index contributed by atoms with van der Waals surface area (Å²) in [6.07, 6.45) is 4.53. The van der Waals surface area contributed by atoms with Crippen molar-refractivity contribution >= 4 is 11.9 Å². The average molecular weight is 277 g/mol. The topological polar surface area (TPSA) is 62.2 Å². The van der Waals surface area contributed by atoms with Crippen LogP contribution in [-0.4, -0.2) is 29.0 Å². The number of unbranched alkanes of at least 4 members (excludes halogenated alkanes) is 2. The first kappa shape index (κ1) is 16.4. The average Bonchev–Trinajstić information content (AvgIpc) is 2.38. The molecule has 0 aliphatic rings. The second-order valence-corrected chi connectivity index (χ2v) is 4.96. The number of aromatic nitrogens is 2. The third kappa shape index (κ3) is 6.50. The molecule has 1 aromatic heterocycles. The summed E-state index contributed by atoms with van der Waals surface area (Å²) >= 11 is 0. The Labute approximate surface area is 122 Å². The minimum atomic E-state index is 0.613. The number of anilines is 1. The first-order valence-electron chi connectivity index (χ1n) is 7.53. The van der Waals surface area contributed by atoms with Crippen molar-refractivity contribution in [3.05, 3.63) is 17.5 Å². The quantitative estimate of drug-likeness (QED) is 0.457. The van der Waals surface area contributed by atoms with Gasteiger partial charge in [-0.05, 0) is 32.8 Å². The molecule has 0 aliphatic carbocycles. The first-order chi connectivity index (χ1) is 9.65. The van der Waals surface area contributed by atoms with Crippen molar-refractivity contribution in [3.8, 4) is 0 Å². The van der Waals surface area contributed by atoms with Gasteiger partial charge in [-0.2, -0.15) is 0 Å². The highest BCUT2D eigenvalue weighted by molar-refractivity contribution is 5.92. The van der Waals surface area contributed by atoms with Gasteiger partial charge in [0.05, 0.1) is 0 Å². The van der Waals surface area contributed by atoms with Crippen LogP contribution in [0, 0.1) is 13.8 Å². The Hall–Kier alpha value is -1.65. The van der Waals surface area contributed by atoms with Gasteiger partial charge in [0.2, 0.25) is 5.95 Å². The van der Waals surface area contributed by atoms with Crippen LogP contribution in [0.4, 0.5) is 5.95 Å². The van der Waals surface area contributed by atoms with Crippen molar-refractivity contribution in [2.45, 2.75) is 53.4 Å². The van der Waals surface area contributed by atoms with Crippen molar-refractivity contribution in [1.82, 2.24) is 15.3 Å². The van der Waals surface area contributed by atoms with Gasteiger partial charge in [0.15, 0.2) is 5.96 Å². The molecule has 0 spiro atoms. The molecule has 20 heavy (non-hydrogen) atoms. The Morgan fingerprint density at radius 2 is 1.75 bits per heavy atom. The van der Waals surface area contributed by atoms with E-state index >= 15 is 0 Å². The highest BCUT2D eigenvalue weighted by Gasteiger charge is 2.03. The molecule has 0 radical (unpaired) electrons. The van der Waals surface area contributed by atoms with E-state index < -0.39 is 0 Å². The maximum atomic E-state index is 4.55. The van der Waals surface area contributed by atoms with Gasteiger partial charge >= 0.3 is 0 Å². The smallest absolute Gasteiger partial charge is 0.229 e. The van der Waals surface area contributed by atoms with Crippen molar-refractivity contribution in [2.24, 2.45) is 4.99 Å². The summed E-state index contributed by atoms with van der Waals surface area (Å²) in [6, 6.07) is 1.96. The molecule has 0 amide bonds. The van der Waals surface area contributed by atoms with E-state index in [4.69, 9.17) is 0 Å². The summed E-state index contributed by atoms with van der Waals surface area (Å²) in [6.45, 7) is 10.0. The fraction of sp³-hybridized carbons (Fsp3) is 0.667. The summed E-state index contributed by atoms with van der Waals surface area (Å²) in [5.41, 5.74) is 1.92. The maximum absolute atomic E-state index is 4.55. The number of rotatable bonds is 7. The molecule has 0 saturated heterocycles. The zero-order valence-corrected chi connectivity index (χ0v) is 13.2. The van der Waals surface area contributed by atoms with Gasteiger partial charge in [0.25, 0.3) is 0 Å². The van der Waals surface area contributed by atoms with Crippen molar-refractivity contribution in [2.75, 3.05) is 18.4 Å². The predicted molar refractivity (Wildman–Crippen MR) is 85.2 cm³/mol. The Balaban J connectivity index is 2.68. The number of hydrogen-bond acceptors (Lipinski definition) is 3. The number of aryl methyl sites for hydroxylation is 2. The number of hydrogen-bond donors (Lipinski definition) is 2. The van der Waals surface area contributed by atoms with Crippen LogP contribution in [0.1, 0.15) is 50.9 Å². The van der Waals surface area contributed by atoms with E-state index in [1.165, 1.54) is 0 Å². The van der Waals surface area contributed by atoms with Gasteiger partial charge in [-0.3, -0.25) is 10.3 Å². The molecule has 2 N–H and O–H groups in total. The predicted octanol–water partition coefficient (Wildman–Crippen LogP) is 3.05. The number of nitrogens with one attached hydrogen (secondary N) is 2. The Bertz CT molecular complexity index is 408. The van der Waals surface area contributed by atoms with Crippen LogP contribution in [0.15, 0.2) is 11.1 Å². The van der Waals surface area contributed by atoms with Crippen LogP contribution in [0.2, 0.25) is 0 Å². The van der Waals surface area contributed by atoms with Crippen molar-refractivity contribution in [3.63, 3.8) is 0 Å². The lowest BCUT2D eigenvalue weighted by atomic mass is 10.3.